The molecule has 1 aromatic rings. The van der Waals surface area contributed by atoms with E-state index < -0.39 is 0 Å². The van der Waals surface area contributed by atoms with E-state index in [1.807, 2.05) is 26.8 Å². The molecule has 0 bridgehead atoms. The first-order chi connectivity index (χ1) is 6.77. The van der Waals surface area contributed by atoms with Crippen LogP contribution in [0.25, 0.3) is 12.2 Å². The Hall–Kier alpha value is -1.31. The fourth-order valence-electron chi connectivity index (χ4n) is 1.05. The number of rotatable bonds is 3. The molecular weight excluding hydrogens is 172 g/mol. The first-order valence-corrected chi connectivity index (χ1v) is 5.13. The van der Waals surface area contributed by atoms with Crippen LogP contribution >= 0.6 is 0 Å². The maximum Gasteiger partial charge on any atom is 0.104 e. The molecule has 0 amide bonds. The molecule has 0 aliphatic rings. The van der Waals surface area contributed by atoms with E-state index >= 15 is 0 Å². The molecule has 0 aliphatic carbocycles. The van der Waals surface area contributed by atoms with Crippen molar-refractivity contribution >= 4 is 12.2 Å². The van der Waals surface area contributed by atoms with Crippen molar-refractivity contribution in [3.63, 3.8) is 0 Å². The molecule has 0 atom stereocenters. The van der Waals surface area contributed by atoms with Crippen molar-refractivity contribution in [1.82, 2.24) is 9.97 Å². The van der Waals surface area contributed by atoms with Gasteiger partial charge < -0.3 is 4.98 Å². The van der Waals surface area contributed by atoms with E-state index in [1.165, 1.54) is 0 Å². The number of aromatic nitrogens is 2. The summed E-state index contributed by atoms with van der Waals surface area (Å²) in [5.74, 6) is 0.931. The minimum absolute atomic E-state index is 0.928. The largest absolute Gasteiger partial charge is 0.342 e. The summed E-state index contributed by atoms with van der Waals surface area (Å²) < 4.78 is 0. The number of hydrogen-bond donors (Lipinski definition) is 1. The van der Waals surface area contributed by atoms with Gasteiger partial charge in [0.15, 0.2) is 0 Å². The van der Waals surface area contributed by atoms with Crippen molar-refractivity contribution in [2.24, 2.45) is 0 Å². The molecule has 2 nitrogen and oxygen atoms in total. The molecule has 1 aromatic heterocycles. The van der Waals surface area contributed by atoms with E-state index in [0.29, 0.717) is 0 Å². The molecule has 78 valence electrons. The van der Waals surface area contributed by atoms with Crippen molar-refractivity contribution in [3.05, 3.63) is 29.9 Å². The number of nitrogens with one attached hydrogen (secondary N) is 1. The summed E-state index contributed by atoms with van der Waals surface area (Å²) >= 11 is 0. The number of allylic oxidation sites excluding steroid dienone is 1. The highest BCUT2D eigenvalue weighted by Crippen LogP contribution is 2.09. The highest BCUT2D eigenvalue weighted by atomic mass is 14.9. The number of imidazole rings is 1. The normalized spacial score (nSPS) is 9.71. The molecule has 1 rings (SSSR count). The van der Waals surface area contributed by atoms with Gasteiger partial charge in [-0.25, -0.2) is 4.98 Å². The molecule has 0 aromatic carbocycles. The van der Waals surface area contributed by atoms with Crippen LogP contribution in [0.1, 0.15) is 44.4 Å². The predicted molar refractivity (Wildman–Crippen MR) is 64.1 cm³/mol. The maximum absolute atomic E-state index is 4.26. The summed E-state index contributed by atoms with van der Waals surface area (Å²) in [6.45, 7) is 11.7. The van der Waals surface area contributed by atoms with E-state index in [0.717, 1.165) is 23.6 Å². The van der Waals surface area contributed by atoms with Crippen LogP contribution in [0.15, 0.2) is 12.7 Å². The Morgan fingerprint density at radius 2 is 2.07 bits per heavy atom. The number of H-pyrrole nitrogens is 1. The van der Waals surface area contributed by atoms with Gasteiger partial charge in [0.2, 0.25) is 0 Å². The summed E-state index contributed by atoms with van der Waals surface area (Å²) in [7, 11) is 0. The molecule has 0 unspecified atom stereocenters. The SMILES string of the molecule is C=Cc1nc(C)[nH]c1/C=C\CC.CC. The zero-order chi connectivity index (χ0) is 11.0. The van der Waals surface area contributed by atoms with Gasteiger partial charge in [0, 0.05) is 0 Å². The summed E-state index contributed by atoms with van der Waals surface area (Å²) in [5.41, 5.74) is 1.97. The lowest BCUT2D eigenvalue weighted by atomic mass is 10.3. The second kappa shape index (κ2) is 7.13. The molecule has 2 heteroatoms. The average Bonchev–Trinajstić information content (AvgIpc) is 2.59. The molecule has 14 heavy (non-hydrogen) atoms. The smallest absolute Gasteiger partial charge is 0.104 e. The van der Waals surface area contributed by atoms with E-state index in [2.05, 4.69) is 29.5 Å². The van der Waals surface area contributed by atoms with Crippen LogP contribution in [0, 0.1) is 6.92 Å². The van der Waals surface area contributed by atoms with Gasteiger partial charge >= 0.3 is 0 Å². The lowest BCUT2D eigenvalue weighted by Crippen LogP contribution is -1.75. The third-order valence-electron chi connectivity index (χ3n) is 1.59. The van der Waals surface area contributed by atoms with Gasteiger partial charge in [-0.15, -0.1) is 0 Å². The second-order valence-corrected chi connectivity index (χ2v) is 2.64. The molecule has 0 radical (unpaired) electrons. The monoisotopic (exact) mass is 192 g/mol. The molecule has 0 saturated carbocycles. The van der Waals surface area contributed by atoms with Crippen molar-refractivity contribution in [1.29, 1.82) is 0 Å². The van der Waals surface area contributed by atoms with Crippen LogP contribution in [0.4, 0.5) is 0 Å². The Morgan fingerprint density at radius 3 is 2.57 bits per heavy atom. The highest BCUT2D eigenvalue weighted by molar-refractivity contribution is 5.58. The summed E-state index contributed by atoms with van der Waals surface area (Å²) in [6, 6.07) is 0. The van der Waals surface area contributed by atoms with Crippen molar-refractivity contribution in [2.75, 3.05) is 0 Å². The van der Waals surface area contributed by atoms with Crippen LogP contribution in [0.5, 0.6) is 0 Å². The first kappa shape index (κ1) is 12.7. The van der Waals surface area contributed by atoms with E-state index in [-0.39, 0.29) is 0 Å². The van der Waals surface area contributed by atoms with Gasteiger partial charge in [-0.3, -0.25) is 0 Å². The Bertz CT molecular complexity index is 295. The molecule has 0 spiro atoms. The van der Waals surface area contributed by atoms with Crippen LogP contribution in [-0.4, -0.2) is 9.97 Å². The molecule has 0 aliphatic heterocycles. The molecule has 0 fully saturated rings. The van der Waals surface area contributed by atoms with E-state index in [1.54, 1.807) is 6.08 Å². The quantitative estimate of drug-likeness (QED) is 0.775. The minimum Gasteiger partial charge on any atom is -0.342 e. The van der Waals surface area contributed by atoms with Gasteiger partial charge in [0.1, 0.15) is 5.82 Å². The zero-order valence-electron chi connectivity index (χ0n) is 9.59. The van der Waals surface area contributed by atoms with Gasteiger partial charge in [-0.05, 0) is 25.5 Å². The number of aryl methyl sites for hydroxylation is 1. The Kier molecular flexibility index (Phi) is 6.46. The zero-order valence-corrected chi connectivity index (χ0v) is 9.59. The predicted octanol–water partition coefficient (Wildman–Crippen LogP) is 3.81. The van der Waals surface area contributed by atoms with Gasteiger partial charge in [-0.2, -0.15) is 0 Å². The number of hydrogen-bond acceptors (Lipinski definition) is 1. The lowest BCUT2D eigenvalue weighted by Gasteiger charge is -1.87. The first-order valence-electron chi connectivity index (χ1n) is 5.13. The highest BCUT2D eigenvalue weighted by Gasteiger charge is 1.99. The van der Waals surface area contributed by atoms with Crippen molar-refractivity contribution < 1.29 is 0 Å². The van der Waals surface area contributed by atoms with E-state index in [9.17, 15) is 0 Å². The Morgan fingerprint density at radius 1 is 1.43 bits per heavy atom. The molecule has 1 N–H and O–H groups in total. The van der Waals surface area contributed by atoms with Crippen LogP contribution < -0.4 is 0 Å². The van der Waals surface area contributed by atoms with Gasteiger partial charge in [0.05, 0.1) is 11.4 Å². The number of aromatic amines is 1. The van der Waals surface area contributed by atoms with Crippen molar-refractivity contribution in [2.45, 2.75) is 34.1 Å². The molecule has 1 heterocycles. The molecule has 0 saturated heterocycles. The van der Waals surface area contributed by atoms with Crippen LogP contribution in [-0.2, 0) is 0 Å². The third kappa shape index (κ3) is 3.60. The maximum atomic E-state index is 4.26. The van der Waals surface area contributed by atoms with Crippen LogP contribution in [0.3, 0.4) is 0 Å². The average molecular weight is 192 g/mol. The second-order valence-electron chi connectivity index (χ2n) is 2.64. The summed E-state index contributed by atoms with van der Waals surface area (Å²) in [4.78, 5) is 7.42. The summed E-state index contributed by atoms with van der Waals surface area (Å²) in [6.07, 6.45) is 6.93. The van der Waals surface area contributed by atoms with E-state index in [4.69, 9.17) is 0 Å². The Labute approximate surface area is 86.8 Å². The summed E-state index contributed by atoms with van der Waals surface area (Å²) in [5, 5.41) is 0. The number of nitrogens with zero attached hydrogens (tertiary/aromatic N) is 1. The fourth-order valence-corrected chi connectivity index (χ4v) is 1.05. The fraction of sp³-hybridized carbons (Fsp3) is 0.417. The van der Waals surface area contributed by atoms with Gasteiger partial charge in [-0.1, -0.05) is 33.4 Å². The third-order valence-corrected chi connectivity index (χ3v) is 1.59. The van der Waals surface area contributed by atoms with Crippen molar-refractivity contribution in [3.8, 4) is 0 Å². The van der Waals surface area contributed by atoms with Crippen LogP contribution in [0.2, 0.25) is 0 Å². The standard InChI is InChI=1S/C10H14N2.C2H6/c1-4-6-7-10-9(5-2)11-8(3)12-10;1-2/h5-7H,2,4H2,1,3H3,(H,11,12);1-2H3/b7-6-;. The molecular formula is C12H20N2. The lowest BCUT2D eigenvalue weighted by molar-refractivity contribution is 1.14. The topological polar surface area (TPSA) is 28.7 Å². The Balaban J connectivity index is 0.000000791. The minimum atomic E-state index is 0.928. The van der Waals surface area contributed by atoms with Gasteiger partial charge in [0.25, 0.3) is 0 Å².